The van der Waals surface area contributed by atoms with E-state index in [-0.39, 0.29) is 5.69 Å². The van der Waals surface area contributed by atoms with Crippen molar-refractivity contribution in [3.8, 4) is 0 Å². The molecule has 0 unspecified atom stereocenters. The zero-order valence-corrected chi connectivity index (χ0v) is 18.4. The Hall–Kier alpha value is -2.31. The lowest BCUT2D eigenvalue weighted by Crippen LogP contribution is -2.16. The third-order valence-corrected chi connectivity index (χ3v) is 7.80. The van der Waals surface area contributed by atoms with Gasteiger partial charge in [0.1, 0.15) is 11.3 Å². The average Bonchev–Trinajstić information content (AvgIpc) is 3.11. The zero-order valence-electron chi connectivity index (χ0n) is 16.8. The maximum atomic E-state index is 12.8. The molecule has 0 atom stereocenters. The minimum absolute atomic E-state index is 0.176. The summed E-state index contributed by atoms with van der Waals surface area (Å²) in [6.07, 6.45) is 9.01. The van der Waals surface area contributed by atoms with E-state index >= 15 is 0 Å². The van der Waals surface area contributed by atoms with Crippen molar-refractivity contribution in [2.24, 2.45) is 5.92 Å². The molecule has 1 fully saturated rings. The maximum absolute atomic E-state index is 12.8. The summed E-state index contributed by atoms with van der Waals surface area (Å²) in [4.78, 5) is 22.4. The molecule has 5 nitrogen and oxygen atoms in total. The van der Waals surface area contributed by atoms with Gasteiger partial charge in [0, 0.05) is 15.1 Å². The summed E-state index contributed by atoms with van der Waals surface area (Å²) in [5.74, 6) is 1.07. The van der Waals surface area contributed by atoms with Crippen LogP contribution in [0.15, 0.2) is 35.1 Å². The number of anilines is 1. The topological polar surface area (TPSA) is 76.7 Å². The molecule has 1 aliphatic carbocycles. The SMILES string of the molecule is Nc1nc2ccccc2c2c1[nH]c(=O)n2Cc1cc(Cl)c(CC2CCCCCC2)s1. The first-order valence-corrected chi connectivity index (χ1v) is 11.8. The number of nitrogens with zero attached hydrogens (tertiary/aromatic N) is 2. The van der Waals surface area contributed by atoms with Crippen LogP contribution in [0.3, 0.4) is 0 Å². The second-order valence-corrected chi connectivity index (χ2v) is 9.93. The van der Waals surface area contributed by atoms with E-state index in [2.05, 4.69) is 9.97 Å². The Labute approximate surface area is 183 Å². The lowest BCUT2D eigenvalue weighted by Gasteiger charge is -2.12. The summed E-state index contributed by atoms with van der Waals surface area (Å²) in [5, 5.41) is 1.75. The summed E-state index contributed by atoms with van der Waals surface area (Å²) in [6.45, 7) is 0.474. The molecule has 0 radical (unpaired) electrons. The number of nitrogens with one attached hydrogen (secondary N) is 1. The second kappa shape index (κ2) is 8.08. The Morgan fingerprint density at radius 1 is 1.20 bits per heavy atom. The van der Waals surface area contributed by atoms with E-state index in [0.717, 1.165) is 38.7 Å². The molecule has 30 heavy (non-hydrogen) atoms. The van der Waals surface area contributed by atoms with Crippen LogP contribution in [-0.4, -0.2) is 14.5 Å². The zero-order chi connectivity index (χ0) is 20.7. The van der Waals surface area contributed by atoms with E-state index in [4.69, 9.17) is 17.3 Å². The van der Waals surface area contributed by atoms with Crippen molar-refractivity contribution in [1.29, 1.82) is 0 Å². The quantitative estimate of drug-likeness (QED) is 0.397. The van der Waals surface area contributed by atoms with Gasteiger partial charge in [0.15, 0.2) is 0 Å². The molecule has 5 rings (SSSR count). The maximum Gasteiger partial charge on any atom is 0.326 e. The number of imidazole rings is 1. The molecular formula is C23H25ClN4OS. The molecule has 156 valence electrons. The van der Waals surface area contributed by atoms with Crippen LogP contribution >= 0.6 is 22.9 Å². The smallest absolute Gasteiger partial charge is 0.326 e. The fraction of sp³-hybridized carbons (Fsp3) is 0.391. The molecule has 4 aromatic rings. The summed E-state index contributed by atoms with van der Waals surface area (Å²) in [6, 6.07) is 9.80. The molecule has 3 heterocycles. The first-order valence-electron chi connectivity index (χ1n) is 10.6. The lowest BCUT2D eigenvalue weighted by molar-refractivity contribution is 0.461. The second-order valence-electron chi connectivity index (χ2n) is 8.30. The highest BCUT2D eigenvalue weighted by Gasteiger charge is 2.19. The molecule has 0 saturated heterocycles. The third kappa shape index (κ3) is 3.63. The summed E-state index contributed by atoms with van der Waals surface area (Å²) < 4.78 is 1.76. The Morgan fingerprint density at radius 3 is 2.77 bits per heavy atom. The Bertz CT molecular complexity index is 1260. The number of nitrogen functional groups attached to an aromatic ring is 1. The van der Waals surface area contributed by atoms with Gasteiger partial charge in [-0.2, -0.15) is 0 Å². The number of halogens is 1. The average molecular weight is 441 g/mol. The molecule has 0 aliphatic heterocycles. The van der Waals surface area contributed by atoms with E-state index < -0.39 is 0 Å². The van der Waals surface area contributed by atoms with Crippen molar-refractivity contribution < 1.29 is 0 Å². The molecule has 0 bridgehead atoms. The number of nitrogens with two attached hydrogens (primary N) is 1. The van der Waals surface area contributed by atoms with Crippen LogP contribution in [-0.2, 0) is 13.0 Å². The number of para-hydroxylation sites is 1. The van der Waals surface area contributed by atoms with Gasteiger partial charge in [-0.05, 0) is 24.5 Å². The predicted octanol–water partition coefficient (Wildman–Crippen LogP) is 5.74. The predicted molar refractivity (Wildman–Crippen MR) is 126 cm³/mol. The van der Waals surface area contributed by atoms with Crippen LogP contribution in [0, 0.1) is 5.92 Å². The van der Waals surface area contributed by atoms with E-state index in [9.17, 15) is 4.79 Å². The molecule has 0 spiro atoms. The fourth-order valence-corrected chi connectivity index (χ4v) is 6.26. The molecule has 1 aliphatic rings. The number of hydrogen-bond acceptors (Lipinski definition) is 4. The van der Waals surface area contributed by atoms with Gasteiger partial charge in [-0.15, -0.1) is 11.3 Å². The molecule has 7 heteroatoms. The van der Waals surface area contributed by atoms with Crippen molar-refractivity contribution >= 4 is 50.7 Å². The number of aromatic nitrogens is 3. The van der Waals surface area contributed by atoms with Crippen molar-refractivity contribution in [3.63, 3.8) is 0 Å². The van der Waals surface area contributed by atoms with Crippen LogP contribution in [0.4, 0.5) is 5.82 Å². The molecule has 3 aromatic heterocycles. The van der Waals surface area contributed by atoms with Crippen molar-refractivity contribution in [2.75, 3.05) is 5.73 Å². The van der Waals surface area contributed by atoms with E-state index in [1.165, 1.54) is 43.4 Å². The summed E-state index contributed by atoms with van der Waals surface area (Å²) in [7, 11) is 0. The Morgan fingerprint density at radius 2 is 1.97 bits per heavy atom. The van der Waals surface area contributed by atoms with Gasteiger partial charge < -0.3 is 10.7 Å². The van der Waals surface area contributed by atoms with E-state index in [1.807, 2.05) is 30.3 Å². The van der Waals surface area contributed by atoms with Gasteiger partial charge in [-0.3, -0.25) is 4.57 Å². The van der Waals surface area contributed by atoms with Crippen LogP contribution in [0.2, 0.25) is 5.02 Å². The van der Waals surface area contributed by atoms with Gasteiger partial charge in [0.25, 0.3) is 0 Å². The Kier molecular flexibility index (Phi) is 5.29. The van der Waals surface area contributed by atoms with Crippen molar-refractivity contribution in [1.82, 2.24) is 14.5 Å². The lowest BCUT2D eigenvalue weighted by atomic mass is 9.96. The third-order valence-electron chi connectivity index (χ3n) is 6.21. The van der Waals surface area contributed by atoms with Gasteiger partial charge in [-0.25, -0.2) is 9.78 Å². The highest BCUT2D eigenvalue weighted by molar-refractivity contribution is 7.12. The first kappa shape index (κ1) is 19.6. The fourth-order valence-electron chi connectivity index (χ4n) is 4.70. The number of rotatable bonds is 4. The first-order chi connectivity index (χ1) is 14.6. The molecule has 1 aromatic carbocycles. The van der Waals surface area contributed by atoms with E-state index in [1.54, 1.807) is 15.9 Å². The number of aromatic amines is 1. The summed E-state index contributed by atoms with van der Waals surface area (Å²) in [5.41, 5.74) is 8.14. The molecule has 0 amide bonds. The number of benzene rings is 1. The van der Waals surface area contributed by atoms with Crippen molar-refractivity contribution in [2.45, 2.75) is 51.5 Å². The standard InChI is InChI=1S/C23H25ClN4OS/c24-17-12-15(30-19(17)11-14-7-3-1-2-4-8-14)13-28-21-16-9-5-6-10-18(16)26-22(25)20(21)27-23(28)29/h5-6,9-10,12,14H,1-4,7-8,11,13H2,(H2,25,26)(H,27,29). The van der Waals surface area contributed by atoms with Gasteiger partial charge in [0.2, 0.25) is 0 Å². The molecule has 1 saturated carbocycles. The number of hydrogen-bond donors (Lipinski definition) is 2. The van der Waals surface area contributed by atoms with Gasteiger partial charge in [0.05, 0.1) is 22.6 Å². The van der Waals surface area contributed by atoms with Crippen LogP contribution < -0.4 is 11.4 Å². The number of fused-ring (bicyclic) bond motifs is 3. The normalized spacial score (nSPS) is 15.8. The highest BCUT2D eigenvalue weighted by Crippen LogP contribution is 2.34. The van der Waals surface area contributed by atoms with Crippen LogP contribution in [0.1, 0.15) is 48.3 Å². The minimum atomic E-state index is -0.176. The monoisotopic (exact) mass is 440 g/mol. The molecule has 3 N–H and O–H groups in total. The van der Waals surface area contributed by atoms with Crippen LogP contribution in [0.5, 0.6) is 0 Å². The van der Waals surface area contributed by atoms with E-state index in [0.29, 0.717) is 17.9 Å². The van der Waals surface area contributed by atoms with Gasteiger partial charge in [-0.1, -0.05) is 68.3 Å². The van der Waals surface area contributed by atoms with Crippen molar-refractivity contribution in [3.05, 3.63) is 55.6 Å². The molecular weight excluding hydrogens is 416 g/mol. The minimum Gasteiger partial charge on any atom is -0.382 e. The number of pyridine rings is 1. The largest absolute Gasteiger partial charge is 0.382 e. The number of thiophene rings is 1. The van der Waals surface area contributed by atoms with Crippen LogP contribution in [0.25, 0.3) is 21.9 Å². The summed E-state index contributed by atoms with van der Waals surface area (Å²) >= 11 is 8.34. The number of H-pyrrole nitrogens is 1. The van der Waals surface area contributed by atoms with Gasteiger partial charge >= 0.3 is 5.69 Å². The highest BCUT2D eigenvalue weighted by atomic mass is 35.5. The Balaban J connectivity index is 1.50.